The number of carbonyl (C=O) groups is 1. The molecule has 0 aromatic heterocycles. The molecule has 1 aromatic rings. The zero-order valence-corrected chi connectivity index (χ0v) is 11.7. The highest BCUT2D eigenvalue weighted by Gasteiger charge is 2.40. The van der Waals surface area contributed by atoms with E-state index in [4.69, 9.17) is 10.5 Å². The lowest BCUT2D eigenvalue weighted by Gasteiger charge is -2.30. The van der Waals surface area contributed by atoms with Crippen LogP contribution in [0.15, 0.2) is 24.3 Å². The highest BCUT2D eigenvalue weighted by atomic mass is 16.5. The van der Waals surface area contributed by atoms with Gasteiger partial charge in [-0.2, -0.15) is 0 Å². The van der Waals surface area contributed by atoms with Crippen LogP contribution in [-0.4, -0.2) is 36.1 Å². The molecule has 1 aromatic carbocycles. The standard InChI is InChI=1S/C15H22N2O2/c1-3-17(10-13-6-4-5-12(2)9-13)14(18)15(16)7-8-19-11-15/h4-6,9H,3,7-8,10-11,16H2,1-2H3. The van der Waals surface area contributed by atoms with E-state index in [2.05, 4.69) is 19.1 Å². The molecule has 104 valence electrons. The van der Waals surface area contributed by atoms with E-state index >= 15 is 0 Å². The number of likely N-dealkylation sites (N-methyl/N-ethyl adjacent to an activating group) is 1. The van der Waals surface area contributed by atoms with E-state index in [1.807, 2.05) is 24.0 Å². The van der Waals surface area contributed by atoms with Crippen molar-refractivity contribution < 1.29 is 9.53 Å². The third-order valence-electron chi connectivity index (χ3n) is 3.60. The van der Waals surface area contributed by atoms with E-state index in [-0.39, 0.29) is 5.91 Å². The van der Waals surface area contributed by atoms with Crippen LogP contribution < -0.4 is 5.73 Å². The van der Waals surface area contributed by atoms with Crippen molar-refractivity contribution in [1.29, 1.82) is 0 Å². The summed E-state index contributed by atoms with van der Waals surface area (Å²) in [6.45, 7) is 6.20. The summed E-state index contributed by atoms with van der Waals surface area (Å²) in [6.07, 6.45) is 0.607. The van der Waals surface area contributed by atoms with Crippen LogP contribution >= 0.6 is 0 Å². The van der Waals surface area contributed by atoms with Gasteiger partial charge in [-0.3, -0.25) is 4.79 Å². The molecule has 0 spiro atoms. The molecule has 2 rings (SSSR count). The lowest BCUT2D eigenvalue weighted by atomic mass is 9.98. The van der Waals surface area contributed by atoms with Crippen molar-refractivity contribution in [1.82, 2.24) is 4.90 Å². The summed E-state index contributed by atoms with van der Waals surface area (Å²) in [5.41, 5.74) is 7.65. The summed E-state index contributed by atoms with van der Waals surface area (Å²) in [5, 5.41) is 0. The second-order valence-corrected chi connectivity index (χ2v) is 5.27. The lowest BCUT2D eigenvalue weighted by molar-refractivity contribution is -0.137. The van der Waals surface area contributed by atoms with Crippen LogP contribution in [0.3, 0.4) is 0 Å². The number of hydrogen-bond donors (Lipinski definition) is 1. The molecule has 1 heterocycles. The van der Waals surface area contributed by atoms with Gasteiger partial charge in [-0.15, -0.1) is 0 Å². The van der Waals surface area contributed by atoms with Crippen LogP contribution in [-0.2, 0) is 16.1 Å². The molecule has 19 heavy (non-hydrogen) atoms. The van der Waals surface area contributed by atoms with Gasteiger partial charge in [-0.25, -0.2) is 0 Å². The van der Waals surface area contributed by atoms with E-state index in [0.717, 1.165) is 5.56 Å². The molecule has 1 unspecified atom stereocenters. The predicted octanol–water partition coefficient (Wildman–Crippen LogP) is 1.46. The first-order valence-electron chi connectivity index (χ1n) is 6.77. The topological polar surface area (TPSA) is 55.6 Å². The summed E-state index contributed by atoms with van der Waals surface area (Å²) in [4.78, 5) is 14.3. The molecule has 1 saturated heterocycles. The van der Waals surface area contributed by atoms with Crippen LogP contribution in [0, 0.1) is 6.92 Å². The first-order valence-corrected chi connectivity index (χ1v) is 6.77. The van der Waals surface area contributed by atoms with Gasteiger partial charge in [0, 0.05) is 19.7 Å². The van der Waals surface area contributed by atoms with Crippen LogP contribution in [0.25, 0.3) is 0 Å². The number of carbonyl (C=O) groups excluding carboxylic acids is 1. The van der Waals surface area contributed by atoms with E-state index in [0.29, 0.717) is 32.7 Å². The van der Waals surface area contributed by atoms with Gasteiger partial charge in [-0.1, -0.05) is 29.8 Å². The fraction of sp³-hybridized carbons (Fsp3) is 0.533. The SMILES string of the molecule is CCN(Cc1cccc(C)c1)C(=O)C1(N)CCOC1. The minimum absolute atomic E-state index is 0.00555. The maximum absolute atomic E-state index is 12.5. The first-order chi connectivity index (χ1) is 9.05. The van der Waals surface area contributed by atoms with E-state index < -0.39 is 5.54 Å². The Bertz CT molecular complexity index is 453. The highest BCUT2D eigenvalue weighted by Crippen LogP contribution is 2.20. The van der Waals surface area contributed by atoms with Gasteiger partial charge in [0.2, 0.25) is 5.91 Å². The quantitative estimate of drug-likeness (QED) is 0.893. The molecule has 1 aliphatic heterocycles. The van der Waals surface area contributed by atoms with Crippen molar-refractivity contribution in [3.05, 3.63) is 35.4 Å². The van der Waals surface area contributed by atoms with Crippen LogP contribution in [0.5, 0.6) is 0 Å². The minimum Gasteiger partial charge on any atom is -0.379 e. The zero-order chi connectivity index (χ0) is 13.9. The van der Waals surface area contributed by atoms with Gasteiger partial charge in [0.1, 0.15) is 5.54 Å². The highest BCUT2D eigenvalue weighted by molar-refractivity contribution is 5.86. The Morgan fingerprint density at radius 1 is 1.53 bits per heavy atom. The average molecular weight is 262 g/mol. The Labute approximate surface area is 114 Å². The van der Waals surface area contributed by atoms with Gasteiger partial charge >= 0.3 is 0 Å². The second-order valence-electron chi connectivity index (χ2n) is 5.27. The number of amides is 1. The number of nitrogens with two attached hydrogens (primary N) is 1. The molecule has 4 nitrogen and oxygen atoms in total. The normalized spacial score (nSPS) is 22.5. The van der Waals surface area contributed by atoms with Crippen LogP contribution in [0.1, 0.15) is 24.5 Å². The largest absolute Gasteiger partial charge is 0.379 e. The van der Waals surface area contributed by atoms with Crippen molar-refractivity contribution in [2.24, 2.45) is 5.73 Å². The fourth-order valence-electron chi connectivity index (χ4n) is 2.42. The number of ether oxygens (including phenoxy) is 1. The monoisotopic (exact) mass is 262 g/mol. The number of nitrogens with zero attached hydrogens (tertiary/aromatic N) is 1. The maximum Gasteiger partial charge on any atom is 0.245 e. The summed E-state index contributed by atoms with van der Waals surface area (Å²) in [6, 6.07) is 8.21. The Balaban J connectivity index is 2.10. The molecular formula is C15H22N2O2. The van der Waals surface area contributed by atoms with Gasteiger partial charge in [0.25, 0.3) is 0 Å². The molecule has 2 N–H and O–H groups in total. The van der Waals surface area contributed by atoms with E-state index in [1.54, 1.807) is 0 Å². The van der Waals surface area contributed by atoms with E-state index in [1.165, 1.54) is 5.56 Å². The summed E-state index contributed by atoms with van der Waals surface area (Å²) >= 11 is 0. The summed E-state index contributed by atoms with van der Waals surface area (Å²) in [7, 11) is 0. The Kier molecular flexibility index (Phi) is 4.22. The van der Waals surface area contributed by atoms with Gasteiger partial charge in [0.05, 0.1) is 6.61 Å². The van der Waals surface area contributed by atoms with Gasteiger partial charge in [-0.05, 0) is 25.8 Å². The molecule has 1 fully saturated rings. The molecular weight excluding hydrogens is 240 g/mol. The number of hydrogen-bond acceptors (Lipinski definition) is 3. The van der Waals surface area contributed by atoms with Crippen molar-refractivity contribution in [2.75, 3.05) is 19.8 Å². The third kappa shape index (κ3) is 3.14. The summed E-state index contributed by atoms with van der Waals surface area (Å²) < 4.78 is 5.27. The molecule has 4 heteroatoms. The van der Waals surface area contributed by atoms with Gasteiger partial charge in [0.15, 0.2) is 0 Å². The van der Waals surface area contributed by atoms with E-state index in [9.17, 15) is 4.79 Å². The Morgan fingerprint density at radius 2 is 2.32 bits per heavy atom. The molecule has 1 aliphatic rings. The number of benzene rings is 1. The van der Waals surface area contributed by atoms with Crippen molar-refractivity contribution >= 4 is 5.91 Å². The molecule has 0 bridgehead atoms. The van der Waals surface area contributed by atoms with Crippen molar-refractivity contribution in [3.8, 4) is 0 Å². The molecule has 0 saturated carbocycles. The van der Waals surface area contributed by atoms with Gasteiger partial charge < -0.3 is 15.4 Å². The molecule has 0 aliphatic carbocycles. The second kappa shape index (κ2) is 5.72. The summed E-state index contributed by atoms with van der Waals surface area (Å²) in [5.74, 6) is -0.00555. The van der Waals surface area contributed by atoms with Crippen LogP contribution in [0.2, 0.25) is 0 Å². The minimum atomic E-state index is -0.833. The zero-order valence-electron chi connectivity index (χ0n) is 11.7. The molecule has 1 atom stereocenters. The lowest BCUT2D eigenvalue weighted by Crippen LogP contribution is -2.55. The molecule has 0 radical (unpaired) electrons. The fourth-order valence-corrected chi connectivity index (χ4v) is 2.42. The number of aryl methyl sites for hydroxylation is 1. The third-order valence-corrected chi connectivity index (χ3v) is 3.60. The van der Waals surface area contributed by atoms with Crippen molar-refractivity contribution in [2.45, 2.75) is 32.4 Å². The predicted molar refractivity (Wildman–Crippen MR) is 74.6 cm³/mol. The smallest absolute Gasteiger partial charge is 0.245 e. The average Bonchev–Trinajstić information content (AvgIpc) is 2.83. The maximum atomic E-state index is 12.5. The van der Waals surface area contributed by atoms with Crippen molar-refractivity contribution in [3.63, 3.8) is 0 Å². The Morgan fingerprint density at radius 3 is 2.89 bits per heavy atom. The first kappa shape index (κ1) is 14.0. The van der Waals surface area contributed by atoms with Crippen LogP contribution in [0.4, 0.5) is 0 Å². The Hall–Kier alpha value is -1.39. The molecule has 1 amide bonds. The number of rotatable bonds is 4.